The average Bonchev–Trinajstić information content (AvgIpc) is 2.28. The van der Waals surface area contributed by atoms with Gasteiger partial charge in [-0.25, -0.2) is 8.78 Å². The molecule has 1 rings (SSSR count). The molecule has 0 bridgehead atoms. The molecule has 1 aromatic rings. The Kier molecular flexibility index (Phi) is 4.69. The molecule has 0 amide bonds. The number of anilines is 1. The second kappa shape index (κ2) is 6.05. The van der Waals surface area contributed by atoms with Crippen molar-refractivity contribution in [3.8, 4) is 0 Å². The summed E-state index contributed by atoms with van der Waals surface area (Å²) in [5.41, 5.74) is 0.102. The van der Waals surface area contributed by atoms with Crippen LogP contribution in [0.3, 0.4) is 0 Å². The number of methoxy groups -OCH3 is 1. The van der Waals surface area contributed by atoms with Crippen LogP contribution in [0, 0.1) is 11.6 Å². The first kappa shape index (κ1) is 12.4. The van der Waals surface area contributed by atoms with Crippen molar-refractivity contribution in [2.24, 2.45) is 0 Å². The van der Waals surface area contributed by atoms with Gasteiger partial charge in [0.15, 0.2) is 0 Å². The monoisotopic (exact) mass is 229 g/mol. The highest BCUT2D eigenvalue weighted by Gasteiger charge is 2.03. The molecule has 5 heteroatoms. The standard InChI is InChI=1S/C11H13F2NO2/c1-16-11(15)3-2-6-14-10-7-8(12)4-5-9(10)13/h4-5,7,14H,2-3,6H2,1H3. The van der Waals surface area contributed by atoms with Gasteiger partial charge in [0.2, 0.25) is 0 Å². The molecule has 1 aromatic carbocycles. The Morgan fingerprint density at radius 2 is 2.19 bits per heavy atom. The minimum absolute atomic E-state index is 0.102. The van der Waals surface area contributed by atoms with Gasteiger partial charge in [0.05, 0.1) is 12.8 Å². The summed E-state index contributed by atoms with van der Waals surface area (Å²) in [4.78, 5) is 10.8. The lowest BCUT2D eigenvalue weighted by atomic mass is 10.2. The Labute approximate surface area is 92.4 Å². The van der Waals surface area contributed by atoms with Crippen LogP contribution in [0.1, 0.15) is 12.8 Å². The van der Waals surface area contributed by atoms with Gasteiger partial charge in [-0.05, 0) is 24.6 Å². The fraction of sp³-hybridized carbons (Fsp3) is 0.364. The van der Waals surface area contributed by atoms with Crippen molar-refractivity contribution in [1.29, 1.82) is 0 Å². The number of ether oxygens (including phenoxy) is 1. The fourth-order valence-corrected chi connectivity index (χ4v) is 1.19. The molecule has 16 heavy (non-hydrogen) atoms. The van der Waals surface area contributed by atoms with Crippen molar-refractivity contribution < 1.29 is 18.3 Å². The predicted molar refractivity (Wildman–Crippen MR) is 56.1 cm³/mol. The molecule has 0 heterocycles. The van der Waals surface area contributed by atoms with E-state index in [1.165, 1.54) is 7.11 Å². The molecule has 0 spiro atoms. The first-order valence-electron chi connectivity index (χ1n) is 4.89. The van der Waals surface area contributed by atoms with Crippen molar-refractivity contribution in [3.05, 3.63) is 29.8 Å². The Morgan fingerprint density at radius 1 is 1.44 bits per heavy atom. The van der Waals surface area contributed by atoms with Crippen molar-refractivity contribution in [1.82, 2.24) is 0 Å². The maximum atomic E-state index is 13.1. The summed E-state index contributed by atoms with van der Waals surface area (Å²) in [6.45, 7) is 0.384. The van der Waals surface area contributed by atoms with Crippen LogP contribution in [-0.4, -0.2) is 19.6 Å². The van der Waals surface area contributed by atoms with E-state index in [0.29, 0.717) is 13.0 Å². The quantitative estimate of drug-likeness (QED) is 0.622. The van der Waals surface area contributed by atoms with Crippen molar-refractivity contribution in [3.63, 3.8) is 0 Å². The van der Waals surface area contributed by atoms with E-state index in [-0.39, 0.29) is 18.1 Å². The molecule has 1 N–H and O–H groups in total. The zero-order valence-electron chi connectivity index (χ0n) is 8.93. The van der Waals surface area contributed by atoms with Crippen LogP contribution in [0.25, 0.3) is 0 Å². The summed E-state index contributed by atoms with van der Waals surface area (Å²) in [5.74, 6) is -1.34. The molecule has 0 aliphatic rings. The Hall–Kier alpha value is -1.65. The molecule has 0 saturated carbocycles. The number of carbonyl (C=O) groups is 1. The molecule has 3 nitrogen and oxygen atoms in total. The van der Waals surface area contributed by atoms with E-state index in [9.17, 15) is 13.6 Å². The third kappa shape index (κ3) is 3.84. The van der Waals surface area contributed by atoms with Crippen LogP contribution in [-0.2, 0) is 9.53 Å². The Bertz CT molecular complexity index is 369. The lowest BCUT2D eigenvalue weighted by Gasteiger charge is -2.06. The van der Waals surface area contributed by atoms with E-state index in [1.54, 1.807) is 0 Å². The van der Waals surface area contributed by atoms with Gasteiger partial charge in [-0.15, -0.1) is 0 Å². The number of esters is 1. The Balaban J connectivity index is 2.37. The van der Waals surface area contributed by atoms with Crippen LogP contribution in [0.5, 0.6) is 0 Å². The van der Waals surface area contributed by atoms with Gasteiger partial charge in [-0.3, -0.25) is 4.79 Å². The maximum absolute atomic E-state index is 13.1. The van der Waals surface area contributed by atoms with Gasteiger partial charge in [0, 0.05) is 13.0 Å². The third-order valence-electron chi connectivity index (χ3n) is 2.03. The first-order valence-corrected chi connectivity index (χ1v) is 4.89. The number of hydrogen-bond acceptors (Lipinski definition) is 3. The summed E-state index contributed by atoms with van der Waals surface area (Å²) < 4.78 is 30.3. The second-order valence-electron chi connectivity index (χ2n) is 3.23. The number of carbonyl (C=O) groups excluding carboxylic acids is 1. The highest BCUT2D eigenvalue weighted by Crippen LogP contribution is 2.15. The van der Waals surface area contributed by atoms with E-state index in [2.05, 4.69) is 10.1 Å². The normalized spacial score (nSPS) is 9.94. The van der Waals surface area contributed by atoms with Crippen molar-refractivity contribution in [2.45, 2.75) is 12.8 Å². The van der Waals surface area contributed by atoms with Crippen LogP contribution < -0.4 is 5.32 Å². The van der Waals surface area contributed by atoms with Gasteiger partial charge in [-0.1, -0.05) is 0 Å². The van der Waals surface area contributed by atoms with E-state index in [4.69, 9.17) is 0 Å². The highest BCUT2D eigenvalue weighted by molar-refractivity contribution is 5.69. The van der Waals surface area contributed by atoms with E-state index in [1.807, 2.05) is 0 Å². The molecule has 0 unspecified atom stereocenters. The van der Waals surface area contributed by atoms with E-state index >= 15 is 0 Å². The third-order valence-corrected chi connectivity index (χ3v) is 2.03. The summed E-state index contributed by atoms with van der Waals surface area (Å²) in [5, 5.41) is 2.71. The number of halogens is 2. The molecule has 0 fully saturated rings. The molecule has 0 atom stereocenters. The number of benzene rings is 1. The molecule has 0 radical (unpaired) electrons. The lowest BCUT2D eigenvalue weighted by Crippen LogP contribution is -2.07. The van der Waals surface area contributed by atoms with Gasteiger partial charge >= 0.3 is 5.97 Å². The van der Waals surface area contributed by atoms with Gasteiger partial charge < -0.3 is 10.1 Å². The van der Waals surface area contributed by atoms with Crippen LogP contribution in [0.2, 0.25) is 0 Å². The second-order valence-corrected chi connectivity index (χ2v) is 3.23. The predicted octanol–water partition coefficient (Wildman–Crippen LogP) is 2.33. The minimum Gasteiger partial charge on any atom is -0.469 e. The number of rotatable bonds is 5. The smallest absolute Gasteiger partial charge is 0.305 e. The molecule has 0 aliphatic heterocycles. The molecule has 0 saturated heterocycles. The molecule has 0 aliphatic carbocycles. The molecular weight excluding hydrogens is 216 g/mol. The summed E-state index contributed by atoms with van der Waals surface area (Å²) in [6, 6.07) is 3.18. The molecule has 88 valence electrons. The Morgan fingerprint density at radius 3 is 2.88 bits per heavy atom. The minimum atomic E-state index is -0.514. The van der Waals surface area contributed by atoms with Gasteiger partial charge in [0.1, 0.15) is 11.6 Å². The van der Waals surface area contributed by atoms with Crippen LogP contribution in [0.15, 0.2) is 18.2 Å². The topological polar surface area (TPSA) is 38.3 Å². The summed E-state index contributed by atoms with van der Waals surface area (Å²) >= 11 is 0. The van der Waals surface area contributed by atoms with Crippen LogP contribution in [0.4, 0.5) is 14.5 Å². The number of hydrogen-bond donors (Lipinski definition) is 1. The highest BCUT2D eigenvalue weighted by atomic mass is 19.1. The zero-order chi connectivity index (χ0) is 12.0. The fourth-order valence-electron chi connectivity index (χ4n) is 1.19. The summed E-state index contributed by atoms with van der Waals surface area (Å²) in [7, 11) is 1.31. The van der Waals surface area contributed by atoms with E-state index in [0.717, 1.165) is 18.2 Å². The zero-order valence-corrected chi connectivity index (χ0v) is 8.93. The van der Waals surface area contributed by atoms with E-state index < -0.39 is 11.6 Å². The number of nitrogens with one attached hydrogen (secondary N) is 1. The maximum Gasteiger partial charge on any atom is 0.305 e. The largest absolute Gasteiger partial charge is 0.469 e. The molecular formula is C11H13F2NO2. The SMILES string of the molecule is COC(=O)CCCNc1cc(F)ccc1F. The lowest BCUT2D eigenvalue weighted by molar-refractivity contribution is -0.140. The van der Waals surface area contributed by atoms with Gasteiger partial charge in [0.25, 0.3) is 0 Å². The summed E-state index contributed by atoms with van der Waals surface area (Å²) in [6.07, 6.45) is 0.753. The molecule has 0 aromatic heterocycles. The van der Waals surface area contributed by atoms with Crippen molar-refractivity contribution >= 4 is 11.7 Å². The van der Waals surface area contributed by atoms with Crippen LogP contribution >= 0.6 is 0 Å². The first-order chi connectivity index (χ1) is 7.63. The average molecular weight is 229 g/mol. The van der Waals surface area contributed by atoms with Crippen molar-refractivity contribution in [2.75, 3.05) is 19.0 Å². The van der Waals surface area contributed by atoms with Gasteiger partial charge in [-0.2, -0.15) is 0 Å².